The Morgan fingerprint density at radius 2 is 1.47 bits per heavy atom. The fraction of sp³-hybridized carbons (Fsp3) is 0.562. The molecule has 0 aliphatic heterocycles. The van der Waals surface area contributed by atoms with E-state index in [-0.39, 0.29) is 16.2 Å². The molecule has 0 heterocycles. The first-order chi connectivity index (χ1) is 7.68. The number of benzene rings is 1. The molecule has 2 rings (SSSR count). The molecule has 0 spiro atoms. The molecule has 0 aromatic heterocycles. The van der Waals surface area contributed by atoms with Gasteiger partial charge < -0.3 is 4.79 Å². The molecular formula is C16H22O. The van der Waals surface area contributed by atoms with Gasteiger partial charge in [0.1, 0.15) is 6.29 Å². The van der Waals surface area contributed by atoms with Gasteiger partial charge in [0.2, 0.25) is 0 Å². The fourth-order valence-electron chi connectivity index (χ4n) is 3.36. The largest absolute Gasteiger partial charge is 0.303 e. The molecule has 17 heavy (non-hydrogen) atoms. The summed E-state index contributed by atoms with van der Waals surface area (Å²) in [5.74, 6) is 0. The van der Waals surface area contributed by atoms with Crippen LogP contribution in [0.3, 0.4) is 0 Å². The minimum absolute atomic E-state index is 0.110. The Bertz CT molecular complexity index is 482. The Hall–Kier alpha value is -1.11. The van der Waals surface area contributed by atoms with E-state index in [4.69, 9.17) is 0 Å². The molecule has 92 valence electrons. The van der Waals surface area contributed by atoms with E-state index >= 15 is 0 Å². The van der Waals surface area contributed by atoms with Crippen LogP contribution in [0.4, 0.5) is 0 Å². The average Bonchev–Trinajstić information content (AvgIpc) is 2.36. The molecule has 1 atom stereocenters. The van der Waals surface area contributed by atoms with Crippen molar-refractivity contribution in [2.24, 2.45) is 5.41 Å². The van der Waals surface area contributed by atoms with Gasteiger partial charge in [0.15, 0.2) is 0 Å². The Labute approximate surface area is 104 Å². The topological polar surface area (TPSA) is 17.1 Å². The van der Waals surface area contributed by atoms with Crippen LogP contribution < -0.4 is 0 Å². The van der Waals surface area contributed by atoms with Gasteiger partial charge in [-0.25, -0.2) is 0 Å². The zero-order chi connectivity index (χ0) is 13.1. The van der Waals surface area contributed by atoms with Crippen LogP contribution in [-0.4, -0.2) is 6.29 Å². The van der Waals surface area contributed by atoms with E-state index < -0.39 is 0 Å². The average molecular weight is 230 g/mol. The smallest absolute Gasteiger partial charge is 0.127 e. The number of hydrogen-bond donors (Lipinski definition) is 0. The van der Waals surface area contributed by atoms with E-state index in [2.05, 4.69) is 59.7 Å². The van der Waals surface area contributed by atoms with Crippen molar-refractivity contribution in [3.8, 4) is 0 Å². The van der Waals surface area contributed by atoms with Crippen LogP contribution in [0.5, 0.6) is 0 Å². The predicted octanol–water partition coefficient (Wildman–Crippen LogP) is 3.77. The zero-order valence-corrected chi connectivity index (χ0v) is 11.7. The molecule has 0 fully saturated rings. The third-order valence-electron chi connectivity index (χ3n) is 5.35. The molecule has 1 unspecified atom stereocenters. The minimum atomic E-state index is -0.351. The molecule has 1 nitrogen and oxygen atoms in total. The second-order valence-electron chi connectivity index (χ2n) is 6.62. The SMILES string of the molecule is Cc1ccc2c(c1)C(C)(C)C(C)(C=O)C2(C)C. The number of carbonyl (C=O) groups is 1. The van der Waals surface area contributed by atoms with Crippen molar-refractivity contribution in [1.29, 1.82) is 0 Å². The van der Waals surface area contributed by atoms with Crippen molar-refractivity contribution in [3.05, 3.63) is 34.9 Å². The van der Waals surface area contributed by atoms with Crippen LogP contribution in [0.2, 0.25) is 0 Å². The van der Waals surface area contributed by atoms with Gasteiger partial charge in [-0.3, -0.25) is 0 Å². The van der Waals surface area contributed by atoms with E-state index in [0.29, 0.717) is 0 Å². The Balaban J connectivity index is 2.82. The normalized spacial score (nSPS) is 28.8. The highest BCUT2D eigenvalue weighted by Gasteiger charge is 2.59. The van der Waals surface area contributed by atoms with Crippen molar-refractivity contribution in [2.75, 3.05) is 0 Å². The standard InChI is InChI=1S/C16H22O/c1-11-7-8-12-13(9-11)15(4,5)16(6,10-17)14(12,2)3/h7-10H,1-6H3. The first kappa shape index (κ1) is 12.3. The zero-order valence-electron chi connectivity index (χ0n) is 11.7. The summed E-state index contributed by atoms with van der Waals surface area (Å²) in [5, 5.41) is 0. The van der Waals surface area contributed by atoms with Gasteiger partial charge >= 0.3 is 0 Å². The van der Waals surface area contributed by atoms with Gasteiger partial charge in [0.05, 0.1) is 0 Å². The molecule has 1 aromatic carbocycles. The van der Waals surface area contributed by atoms with E-state index in [9.17, 15) is 4.79 Å². The molecule has 1 aliphatic rings. The second kappa shape index (κ2) is 3.22. The van der Waals surface area contributed by atoms with Crippen molar-refractivity contribution in [1.82, 2.24) is 0 Å². The van der Waals surface area contributed by atoms with Gasteiger partial charge in [-0.1, -0.05) is 58.4 Å². The second-order valence-corrected chi connectivity index (χ2v) is 6.62. The molecule has 0 bridgehead atoms. The highest BCUT2D eigenvalue weighted by molar-refractivity contribution is 5.71. The van der Waals surface area contributed by atoms with Crippen LogP contribution in [-0.2, 0) is 15.6 Å². The summed E-state index contributed by atoms with van der Waals surface area (Å²) in [6.07, 6.45) is 1.16. The molecular weight excluding hydrogens is 208 g/mol. The van der Waals surface area contributed by atoms with Crippen molar-refractivity contribution < 1.29 is 4.79 Å². The number of rotatable bonds is 1. The summed E-state index contributed by atoms with van der Waals surface area (Å²) in [7, 11) is 0. The van der Waals surface area contributed by atoms with Crippen LogP contribution in [0.1, 0.15) is 51.3 Å². The molecule has 0 N–H and O–H groups in total. The first-order valence-corrected chi connectivity index (χ1v) is 6.26. The molecule has 1 heteroatoms. The fourth-order valence-corrected chi connectivity index (χ4v) is 3.36. The molecule has 1 aromatic rings. The van der Waals surface area contributed by atoms with Gasteiger partial charge in [0.25, 0.3) is 0 Å². The van der Waals surface area contributed by atoms with E-state index in [1.807, 2.05) is 0 Å². The number of aryl methyl sites for hydroxylation is 1. The van der Waals surface area contributed by atoms with Crippen molar-refractivity contribution in [2.45, 2.75) is 52.4 Å². The summed E-state index contributed by atoms with van der Waals surface area (Å²) in [6, 6.07) is 6.58. The Kier molecular flexibility index (Phi) is 2.34. The third kappa shape index (κ3) is 1.23. The van der Waals surface area contributed by atoms with E-state index in [0.717, 1.165) is 6.29 Å². The monoisotopic (exact) mass is 230 g/mol. The maximum absolute atomic E-state index is 11.7. The van der Waals surface area contributed by atoms with Crippen molar-refractivity contribution >= 4 is 6.29 Å². The summed E-state index contributed by atoms with van der Waals surface area (Å²) in [5.41, 5.74) is 3.35. The molecule has 0 saturated carbocycles. The summed E-state index contributed by atoms with van der Waals surface area (Å²) >= 11 is 0. The van der Waals surface area contributed by atoms with E-state index in [1.165, 1.54) is 16.7 Å². The van der Waals surface area contributed by atoms with Gasteiger partial charge in [-0.2, -0.15) is 0 Å². The summed E-state index contributed by atoms with van der Waals surface area (Å²) in [4.78, 5) is 11.7. The summed E-state index contributed by atoms with van der Waals surface area (Å²) < 4.78 is 0. The number of hydrogen-bond acceptors (Lipinski definition) is 1. The quantitative estimate of drug-likeness (QED) is 0.671. The van der Waals surface area contributed by atoms with Crippen molar-refractivity contribution in [3.63, 3.8) is 0 Å². The van der Waals surface area contributed by atoms with Gasteiger partial charge in [-0.15, -0.1) is 0 Å². The highest BCUT2D eigenvalue weighted by Crippen LogP contribution is 2.60. The van der Waals surface area contributed by atoms with E-state index in [1.54, 1.807) is 0 Å². The summed E-state index contributed by atoms with van der Waals surface area (Å²) in [6.45, 7) is 13.0. The lowest BCUT2D eigenvalue weighted by Crippen LogP contribution is -2.46. The predicted molar refractivity (Wildman–Crippen MR) is 71.4 cm³/mol. The van der Waals surface area contributed by atoms with Crippen LogP contribution in [0.25, 0.3) is 0 Å². The highest BCUT2D eigenvalue weighted by atomic mass is 16.1. The number of fused-ring (bicyclic) bond motifs is 1. The molecule has 1 aliphatic carbocycles. The lowest BCUT2D eigenvalue weighted by Gasteiger charge is -2.42. The third-order valence-corrected chi connectivity index (χ3v) is 5.35. The molecule has 0 amide bonds. The molecule has 0 saturated heterocycles. The van der Waals surface area contributed by atoms with Crippen LogP contribution in [0, 0.1) is 12.3 Å². The van der Waals surface area contributed by atoms with Crippen LogP contribution in [0.15, 0.2) is 18.2 Å². The first-order valence-electron chi connectivity index (χ1n) is 6.26. The number of carbonyl (C=O) groups excluding carboxylic acids is 1. The minimum Gasteiger partial charge on any atom is -0.303 e. The molecule has 0 radical (unpaired) electrons. The maximum Gasteiger partial charge on any atom is 0.127 e. The van der Waals surface area contributed by atoms with Gasteiger partial charge in [-0.05, 0) is 18.1 Å². The Morgan fingerprint density at radius 3 is 2.00 bits per heavy atom. The number of aldehydes is 1. The Morgan fingerprint density at radius 1 is 0.941 bits per heavy atom. The van der Waals surface area contributed by atoms with Gasteiger partial charge in [0, 0.05) is 16.2 Å². The lowest BCUT2D eigenvalue weighted by molar-refractivity contribution is -0.121. The lowest BCUT2D eigenvalue weighted by atomic mass is 9.59. The van der Waals surface area contributed by atoms with Crippen LogP contribution >= 0.6 is 0 Å². The maximum atomic E-state index is 11.7.